The van der Waals surface area contributed by atoms with E-state index in [0.717, 1.165) is 25.3 Å². The second-order valence-corrected chi connectivity index (χ2v) is 18.2. The van der Waals surface area contributed by atoms with Crippen LogP contribution in [-0.2, 0) is 14.3 Å². The van der Waals surface area contributed by atoms with Gasteiger partial charge in [-0.25, -0.2) is 9.69 Å². The van der Waals surface area contributed by atoms with E-state index in [-0.39, 0.29) is 23.8 Å². The highest BCUT2D eigenvalue weighted by atomic mass is 28.3. The first-order valence-electron chi connectivity index (χ1n) is 15.2. The highest BCUT2D eigenvalue weighted by Gasteiger charge is 2.42. The number of hydrogen-bond acceptors (Lipinski definition) is 4. The molecular formula is C30H59NO4Si. The molecule has 212 valence electrons. The predicted molar refractivity (Wildman–Crippen MR) is 154 cm³/mol. The van der Waals surface area contributed by atoms with E-state index in [1.165, 1.54) is 81.9 Å². The SMILES string of the molecule is CCCCCCCCCCCCCCCC[C@H](COCC[Si](C)(C)C)C(=O)N1C(=O)OC[C@@H]1C(C)C. The molecule has 2 amide bonds. The number of carbonyl (C=O) groups excluding carboxylic acids is 2. The third-order valence-corrected chi connectivity index (χ3v) is 9.19. The highest BCUT2D eigenvalue weighted by Crippen LogP contribution is 2.25. The van der Waals surface area contributed by atoms with Crippen LogP contribution >= 0.6 is 0 Å². The molecule has 0 aromatic carbocycles. The van der Waals surface area contributed by atoms with Gasteiger partial charge in [-0.3, -0.25) is 4.79 Å². The Kier molecular flexibility index (Phi) is 17.7. The quantitative estimate of drug-likeness (QED) is 0.105. The monoisotopic (exact) mass is 525 g/mol. The lowest BCUT2D eigenvalue weighted by atomic mass is 9.97. The molecule has 0 aromatic heterocycles. The Morgan fingerprint density at radius 1 is 0.917 bits per heavy atom. The first-order chi connectivity index (χ1) is 17.2. The third kappa shape index (κ3) is 14.8. The van der Waals surface area contributed by atoms with Gasteiger partial charge < -0.3 is 9.47 Å². The molecule has 2 atom stereocenters. The number of carbonyl (C=O) groups is 2. The van der Waals surface area contributed by atoms with Gasteiger partial charge in [-0.1, -0.05) is 130 Å². The van der Waals surface area contributed by atoms with E-state index < -0.39 is 14.2 Å². The summed E-state index contributed by atoms with van der Waals surface area (Å²) >= 11 is 0. The first-order valence-corrected chi connectivity index (χ1v) is 19.0. The van der Waals surface area contributed by atoms with Gasteiger partial charge in [0.2, 0.25) is 5.91 Å². The standard InChI is InChI=1S/C30H59NO4Si/c1-7-8-9-10-11-12-13-14-15-16-17-18-19-20-21-27(24-34-22-23-36(4,5)6)29(32)31-28(26(2)3)25-35-30(31)33/h26-28H,7-25H2,1-6H3/t27-,28-/m1/s1. The van der Waals surface area contributed by atoms with Gasteiger partial charge in [-0.05, 0) is 18.4 Å². The van der Waals surface area contributed by atoms with Crippen LogP contribution in [0.25, 0.3) is 0 Å². The first kappa shape index (κ1) is 33.1. The maximum absolute atomic E-state index is 13.4. The molecule has 0 aliphatic carbocycles. The van der Waals surface area contributed by atoms with E-state index in [0.29, 0.717) is 19.8 Å². The molecule has 1 rings (SSSR count). The molecule has 1 heterocycles. The fraction of sp³-hybridized carbons (Fsp3) is 0.933. The van der Waals surface area contributed by atoms with Gasteiger partial charge in [-0.2, -0.15) is 0 Å². The number of ether oxygens (including phenoxy) is 2. The minimum Gasteiger partial charge on any atom is -0.447 e. The van der Waals surface area contributed by atoms with Gasteiger partial charge in [0.25, 0.3) is 0 Å². The average molecular weight is 526 g/mol. The maximum Gasteiger partial charge on any atom is 0.416 e. The van der Waals surface area contributed by atoms with Crippen molar-refractivity contribution in [3.8, 4) is 0 Å². The normalized spacial score (nSPS) is 17.1. The van der Waals surface area contributed by atoms with Crippen LogP contribution in [-0.4, -0.2) is 50.8 Å². The molecule has 0 bridgehead atoms. The number of nitrogens with zero attached hydrogens (tertiary/aromatic N) is 1. The zero-order valence-electron chi connectivity index (χ0n) is 24.7. The zero-order valence-corrected chi connectivity index (χ0v) is 25.7. The topological polar surface area (TPSA) is 55.8 Å². The molecule has 36 heavy (non-hydrogen) atoms. The molecule has 1 aliphatic rings. The lowest BCUT2D eigenvalue weighted by Crippen LogP contribution is -2.46. The Hall–Kier alpha value is -0.883. The lowest BCUT2D eigenvalue weighted by Gasteiger charge is -2.27. The predicted octanol–water partition coefficient (Wildman–Crippen LogP) is 8.83. The van der Waals surface area contributed by atoms with Crippen molar-refractivity contribution in [1.82, 2.24) is 4.90 Å². The van der Waals surface area contributed by atoms with Gasteiger partial charge in [0.15, 0.2) is 0 Å². The number of cyclic esters (lactones) is 1. The molecule has 6 heteroatoms. The van der Waals surface area contributed by atoms with Crippen LogP contribution < -0.4 is 0 Å². The molecule has 1 fully saturated rings. The zero-order chi connectivity index (χ0) is 26.8. The van der Waals surface area contributed by atoms with E-state index in [2.05, 4.69) is 26.6 Å². The molecule has 1 aliphatic heterocycles. The van der Waals surface area contributed by atoms with Crippen molar-refractivity contribution in [1.29, 1.82) is 0 Å². The second-order valence-electron chi connectivity index (χ2n) is 12.6. The smallest absolute Gasteiger partial charge is 0.416 e. The van der Waals surface area contributed by atoms with Gasteiger partial charge in [0, 0.05) is 14.7 Å². The van der Waals surface area contributed by atoms with Crippen LogP contribution in [0.4, 0.5) is 4.79 Å². The summed E-state index contributed by atoms with van der Waals surface area (Å²) < 4.78 is 11.2. The second kappa shape index (κ2) is 19.2. The molecule has 0 aromatic rings. The van der Waals surface area contributed by atoms with Crippen molar-refractivity contribution < 1.29 is 19.1 Å². The van der Waals surface area contributed by atoms with Crippen molar-refractivity contribution in [3.05, 3.63) is 0 Å². The Balaban J connectivity index is 2.32. The summed E-state index contributed by atoms with van der Waals surface area (Å²) in [4.78, 5) is 27.1. The largest absolute Gasteiger partial charge is 0.447 e. The van der Waals surface area contributed by atoms with Crippen LogP contribution in [0, 0.1) is 11.8 Å². The Morgan fingerprint density at radius 3 is 1.89 bits per heavy atom. The number of hydrogen-bond donors (Lipinski definition) is 0. The fourth-order valence-corrected chi connectivity index (χ4v) is 5.60. The summed E-state index contributed by atoms with van der Waals surface area (Å²) in [5, 5.41) is 0. The van der Waals surface area contributed by atoms with Gasteiger partial charge >= 0.3 is 6.09 Å². The molecule has 5 nitrogen and oxygen atoms in total. The highest BCUT2D eigenvalue weighted by molar-refractivity contribution is 6.76. The van der Waals surface area contributed by atoms with Crippen LogP contribution in [0.2, 0.25) is 25.7 Å². The Labute approximate surface area is 224 Å². The molecule has 0 saturated carbocycles. The van der Waals surface area contributed by atoms with Crippen molar-refractivity contribution in [2.75, 3.05) is 19.8 Å². The van der Waals surface area contributed by atoms with Crippen molar-refractivity contribution in [3.63, 3.8) is 0 Å². The lowest BCUT2D eigenvalue weighted by molar-refractivity contribution is -0.136. The maximum atomic E-state index is 13.4. The average Bonchev–Trinajstić information content (AvgIpc) is 3.21. The number of unbranched alkanes of at least 4 members (excludes halogenated alkanes) is 13. The number of rotatable bonds is 22. The molecule has 0 radical (unpaired) electrons. The molecule has 1 saturated heterocycles. The third-order valence-electron chi connectivity index (χ3n) is 7.48. The van der Waals surface area contributed by atoms with Gasteiger partial charge in [0.05, 0.1) is 18.6 Å². The fourth-order valence-electron chi connectivity index (χ4n) is 4.84. The van der Waals surface area contributed by atoms with E-state index >= 15 is 0 Å². The van der Waals surface area contributed by atoms with Crippen LogP contribution in [0.15, 0.2) is 0 Å². The van der Waals surface area contributed by atoms with E-state index in [9.17, 15) is 9.59 Å². The summed E-state index contributed by atoms with van der Waals surface area (Å²) in [5.41, 5.74) is 0. The molecular weight excluding hydrogens is 466 g/mol. The van der Waals surface area contributed by atoms with Crippen LogP contribution in [0.3, 0.4) is 0 Å². The molecule has 0 N–H and O–H groups in total. The summed E-state index contributed by atoms with van der Waals surface area (Å²) in [7, 11) is -1.18. The summed E-state index contributed by atoms with van der Waals surface area (Å²) in [6, 6.07) is 0.929. The van der Waals surface area contributed by atoms with Crippen LogP contribution in [0.5, 0.6) is 0 Å². The minimum atomic E-state index is -1.18. The number of amides is 2. The Bertz CT molecular complexity index is 590. The summed E-state index contributed by atoms with van der Waals surface area (Å²) in [6.07, 6.45) is 18.8. The summed E-state index contributed by atoms with van der Waals surface area (Å²) in [5.74, 6) is -0.162. The molecule has 0 unspecified atom stereocenters. The van der Waals surface area contributed by atoms with Crippen LogP contribution in [0.1, 0.15) is 117 Å². The van der Waals surface area contributed by atoms with Crippen molar-refractivity contribution >= 4 is 20.1 Å². The van der Waals surface area contributed by atoms with E-state index in [1.54, 1.807) is 0 Å². The molecule has 0 spiro atoms. The van der Waals surface area contributed by atoms with Gasteiger partial charge in [-0.15, -0.1) is 0 Å². The summed E-state index contributed by atoms with van der Waals surface area (Å²) in [6.45, 7) is 14.8. The Morgan fingerprint density at radius 2 is 1.42 bits per heavy atom. The van der Waals surface area contributed by atoms with E-state index in [1.807, 2.05) is 13.8 Å². The van der Waals surface area contributed by atoms with E-state index in [4.69, 9.17) is 9.47 Å². The van der Waals surface area contributed by atoms with Gasteiger partial charge in [0.1, 0.15) is 6.61 Å². The van der Waals surface area contributed by atoms with Crippen molar-refractivity contribution in [2.45, 2.75) is 149 Å². The number of imide groups is 1. The van der Waals surface area contributed by atoms with Crippen molar-refractivity contribution in [2.24, 2.45) is 11.8 Å². The minimum absolute atomic E-state index is 0.0982.